The zero-order valence-corrected chi connectivity index (χ0v) is 14.8. The smallest absolute Gasteiger partial charge is 0.317 e. The Balaban J connectivity index is 1.46. The van der Waals surface area contributed by atoms with Crippen LogP contribution in [0.4, 0.5) is 4.79 Å². The number of nitrogens with zero attached hydrogens (tertiary/aromatic N) is 2. The van der Waals surface area contributed by atoms with E-state index in [1.165, 1.54) is 5.56 Å². The number of carbonyl (C=O) groups is 1. The lowest BCUT2D eigenvalue weighted by molar-refractivity contribution is 0.0870. The summed E-state index contributed by atoms with van der Waals surface area (Å²) in [5.74, 6) is 0. The van der Waals surface area contributed by atoms with E-state index in [-0.39, 0.29) is 18.2 Å². The van der Waals surface area contributed by atoms with Crippen LogP contribution < -0.4 is 5.32 Å². The lowest BCUT2D eigenvalue weighted by Gasteiger charge is -2.26. The van der Waals surface area contributed by atoms with Crippen LogP contribution >= 0.6 is 0 Å². The molecule has 2 fully saturated rings. The van der Waals surface area contributed by atoms with Crippen LogP contribution in [0.5, 0.6) is 0 Å². The third kappa shape index (κ3) is 4.28. The fourth-order valence-corrected chi connectivity index (χ4v) is 3.66. The van der Waals surface area contributed by atoms with Crippen molar-refractivity contribution in [3.05, 3.63) is 35.9 Å². The molecule has 132 valence electrons. The summed E-state index contributed by atoms with van der Waals surface area (Å²) in [7, 11) is 1.86. The average Bonchev–Trinajstić information content (AvgIpc) is 3.27. The molecular formula is C19H29N3O2. The number of urea groups is 1. The van der Waals surface area contributed by atoms with Crippen molar-refractivity contribution in [1.29, 1.82) is 0 Å². The Morgan fingerprint density at radius 1 is 1.38 bits per heavy atom. The molecule has 3 rings (SSSR count). The maximum Gasteiger partial charge on any atom is 0.317 e. The van der Waals surface area contributed by atoms with Crippen molar-refractivity contribution in [1.82, 2.24) is 15.1 Å². The van der Waals surface area contributed by atoms with E-state index >= 15 is 0 Å². The number of hydrogen-bond acceptors (Lipinski definition) is 3. The summed E-state index contributed by atoms with van der Waals surface area (Å²) in [5.41, 5.74) is 1.33. The zero-order valence-electron chi connectivity index (χ0n) is 14.8. The lowest BCUT2D eigenvalue weighted by Crippen LogP contribution is -2.46. The van der Waals surface area contributed by atoms with E-state index in [4.69, 9.17) is 4.74 Å². The van der Waals surface area contributed by atoms with Gasteiger partial charge in [-0.15, -0.1) is 0 Å². The second-order valence-corrected chi connectivity index (χ2v) is 7.03. The van der Waals surface area contributed by atoms with Gasteiger partial charge in [-0.05, 0) is 31.7 Å². The van der Waals surface area contributed by atoms with Gasteiger partial charge in [0.15, 0.2) is 0 Å². The number of amides is 2. The van der Waals surface area contributed by atoms with Crippen LogP contribution in [0.25, 0.3) is 0 Å². The maximum atomic E-state index is 12.4. The molecule has 2 aliphatic heterocycles. The van der Waals surface area contributed by atoms with Crippen molar-refractivity contribution in [2.24, 2.45) is 0 Å². The van der Waals surface area contributed by atoms with Crippen LogP contribution in [0.1, 0.15) is 37.8 Å². The number of hydrogen-bond donors (Lipinski definition) is 1. The van der Waals surface area contributed by atoms with Crippen molar-refractivity contribution in [2.75, 3.05) is 33.3 Å². The van der Waals surface area contributed by atoms with E-state index in [0.717, 1.165) is 39.0 Å². The van der Waals surface area contributed by atoms with E-state index in [9.17, 15) is 4.79 Å². The van der Waals surface area contributed by atoms with Crippen molar-refractivity contribution >= 4 is 6.03 Å². The predicted octanol–water partition coefficient (Wildman–Crippen LogP) is 2.64. The highest BCUT2D eigenvalue weighted by atomic mass is 16.5. The van der Waals surface area contributed by atoms with Crippen molar-refractivity contribution in [3.8, 4) is 0 Å². The fourth-order valence-electron chi connectivity index (χ4n) is 3.66. The van der Waals surface area contributed by atoms with Gasteiger partial charge in [0.2, 0.25) is 0 Å². The van der Waals surface area contributed by atoms with E-state index in [2.05, 4.69) is 41.4 Å². The monoisotopic (exact) mass is 331 g/mol. The molecule has 1 N–H and O–H groups in total. The summed E-state index contributed by atoms with van der Waals surface area (Å²) >= 11 is 0. The number of likely N-dealkylation sites (N-methyl/N-ethyl adjacent to an activating group) is 1. The third-order valence-electron chi connectivity index (χ3n) is 5.23. The first kappa shape index (κ1) is 17.2. The minimum absolute atomic E-state index is 0.0183. The average molecular weight is 331 g/mol. The zero-order chi connectivity index (χ0) is 16.9. The Hall–Kier alpha value is -1.59. The standard InChI is InChI=1S/C19H29N3O2/c1-15(16-7-4-3-5-8-16)22-11-10-17(13-22)20-19(23)21(2)14-18-9-6-12-24-18/h3-5,7-8,15,17-18H,6,9-14H2,1-2H3,(H,20,23). The van der Waals surface area contributed by atoms with E-state index in [1.54, 1.807) is 4.90 Å². The van der Waals surface area contributed by atoms with Gasteiger partial charge < -0.3 is 15.0 Å². The van der Waals surface area contributed by atoms with Crippen LogP contribution in [0.15, 0.2) is 30.3 Å². The molecule has 1 aromatic rings. The summed E-state index contributed by atoms with van der Waals surface area (Å²) < 4.78 is 5.61. The Kier molecular flexibility index (Phi) is 5.74. The van der Waals surface area contributed by atoms with E-state index < -0.39 is 0 Å². The minimum atomic E-state index is 0.0183. The molecule has 0 bridgehead atoms. The minimum Gasteiger partial charge on any atom is -0.376 e. The quantitative estimate of drug-likeness (QED) is 0.902. The van der Waals surface area contributed by atoms with Gasteiger partial charge in [0, 0.05) is 45.4 Å². The molecule has 2 amide bonds. The van der Waals surface area contributed by atoms with Gasteiger partial charge in [-0.3, -0.25) is 4.90 Å². The summed E-state index contributed by atoms with van der Waals surface area (Å²) in [4.78, 5) is 16.6. The Morgan fingerprint density at radius 2 is 2.17 bits per heavy atom. The van der Waals surface area contributed by atoms with Crippen molar-refractivity contribution < 1.29 is 9.53 Å². The molecule has 2 heterocycles. The first-order chi connectivity index (χ1) is 11.6. The molecule has 2 aliphatic rings. The van der Waals surface area contributed by atoms with Gasteiger partial charge in [-0.1, -0.05) is 30.3 Å². The summed E-state index contributed by atoms with van der Waals surface area (Å²) in [6.45, 7) is 5.69. The summed E-state index contributed by atoms with van der Waals surface area (Å²) in [6, 6.07) is 11.2. The number of nitrogens with one attached hydrogen (secondary N) is 1. The fraction of sp³-hybridized carbons (Fsp3) is 0.632. The molecule has 0 radical (unpaired) electrons. The molecule has 5 nitrogen and oxygen atoms in total. The van der Waals surface area contributed by atoms with Crippen LogP contribution in [0.2, 0.25) is 0 Å². The van der Waals surface area contributed by atoms with Crippen LogP contribution in [-0.2, 0) is 4.74 Å². The first-order valence-electron chi connectivity index (χ1n) is 9.05. The topological polar surface area (TPSA) is 44.8 Å². The molecule has 0 saturated carbocycles. The van der Waals surface area contributed by atoms with Gasteiger partial charge >= 0.3 is 6.03 Å². The molecular weight excluding hydrogens is 302 g/mol. The molecule has 0 spiro atoms. The highest BCUT2D eigenvalue weighted by molar-refractivity contribution is 5.74. The molecule has 2 saturated heterocycles. The van der Waals surface area contributed by atoms with E-state index in [1.807, 2.05) is 13.1 Å². The van der Waals surface area contributed by atoms with Gasteiger partial charge in [0.25, 0.3) is 0 Å². The normalized spacial score (nSPS) is 25.6. The number of rotatable bonds is 5. The summed E-state index contributed by atoms with van der Waals surface area (Å²) in [6.07, 6.45) is 3.38. The maximum absolute atomic E-state index is 12.4. The van der Waals surface area contributed by atoms with Gasteiger partial charge in [0.05, 0.1) is 6.10 Å². The number of likely N-dealkylation sites (tertiary alicyclic amines) is 1. The first-order valence-corrected chi connectivity index (χ1v) is 9.05. The second-order valence-electron chi connectivity index (χ2n) is 7.03. The predicted molar refractivity (Wildman–Crippen MR) is 95.0 cm³/mol. The van der Waals surface area contributed by atoms with Gasteiger partial charge in [-0.25, -0.2) is 4.79 Å². The highest BCUT2D eigenvalue weighted by Gasteiger charge is 2.29. The SMILES string of the molecule is CC(c1ccccc1)N1CCC(NC(=O)N(C)CC2CCCO2)C1. The molecule has 3 unspecified atom stereocenters. The molecule has 0 aromatic heterocycles. The number of ether oxygens (including phenoxy) is 1. The summed E-state index contributed by atoms with van der Waals surface area (Å²) in [5, 5.41) is 3.18. The van der Waals surface area contributed by atoms with Gasteiger partial charge in [-0.2, -0.15) is 0 Å². The van der Waals surface area contributed by atoms with Crippen LogP contribution in [-0.4, -0.2) is 61.3 Å². The number of carbonyl (C=O) groups excluding carboxylic acids is 1. The second kappa shape index (κ2) is 7.99. The van der Waals surface area contributed by atoms with E-state index in [0.29, 0.717) is 12.6 Å². The Morgan fingerprint density at radius 3 is 2.88 bits per heavy atom. The molecule has 5 heteroatoms. The third-order valence-corrected chi connectivity index (χ3v) is 5.23. The molecule has 1 aromatic carbocycles. The molecule has 0 aliphatic carbocycles. The Bertz CT molecular complexity index is 531. The van der Waals surface area contributed by atoms with Gasteiger partial charge in [0.1, 0.15) is 0 Å². The number of benzene rings is 1. The van der Waals surface area contributed by atoms with Crippen LogP contribution in [0, 0.1) is 0 Å². The van der Waals surface area contributed by atoms with Crippen molar-refractivity contribution in [3.63, 3.8) is 0 Å². The molecule has 3 atom stereocenters. The lowest BCUT2D eigenvalue weighted by atomic mass is 10.1. The highest BCUT2D eigenvalue weighted by Crippen LogP contribution is 2.24. The van der Waals surface area contributed by atoms with Crippen molar-refractivity contribution in [2.45, 2.75) is 44.4 Å². The largest absolute Gasteiger partial charge is 0.376 e. The molecule has 24 heavy (non-hydrogen) atoms. The van der Waals surface area contributed by atoms with Crippen LogP contribution in [0.3, 0.4) is 0 Å². The Labute approximate surface area is 145 Å².